The van der Waals surface area contributed by atoms with Gasteiger partial charge in [0, 0.05) is 0 Å². The van der Waals surface area contributed by atoms with Crippen LogP contribution in [0, 0.1) is 46.3 Å². The maximum Gasteiger partial charge on any atom is 0.0784 e. The third-order valence-corrected chi connectivity index (χ3v) is 10.6. The van der Waals surface area contributed by atoms with Crippen LogP contribution in [0.2, 0.25) is 0 Å². The van der Waals surface area contributed by atoms with Crippen LogP contribution in [0.3, 0.4) is 0 Å². The topological polar surface area (TPSA) is 9.23 Å². The van der Waals surface area contributed by atoms with Gasteiger partial charge in [0.15, 0.2) is 0 Å². The summed E-state index contributed by atoms with van der Waals surface area (Å²) in [4.78, 5) is 0. The van der Waals surface area contributed by atoms with Gasteiger partial charge in [-0.05, 0) is 117 Å². The highest BCUT2D eigenvalue weighted by Crippen LogP contribution is 2.69. The highest BCUT2D eigenvalue weighted by Gasteiger charge is 2.60. The fraction of sp³-hybridized carbons (Fsp3) is 0.926. The molecule has 4 rings (SSSR count). The van der Waals surface area contributed by atoms with Gasteiger partial charge in [-0.1, -0.05) is 40.0 Å². The fourth-order valence-corrected chi connectivity index (χ4v) is 9.25. The molecule has 0 heterocycles. The number of ether oxygens (including phenoxy) is 1. The van der Waals surface area contributed by atoms with Crippen LogP contribution in [0.4, 0.5) is 0 Å². The van der Waals surface area contributed by atoms with E-state index in [2.05, 4.69) is 26.8 Å². The molecule has 160 valence electrons. The summed E-state index contributed by atoms with van der Waals surface area (Å²) in [6, 6.07) is 0. The highest BCUT2D eigenvalue weighted by atomic mass is 16.5. The molecule has 4 saturated carbocycles. The minimum atomic E-state index is 0.641. The van der Waals surface area contributed by atoms with Crippen LogP contribution >= 0.6 is 0 Å². The fourth-order valence-electron chi connectivity index (χ4n) is 9.25. The van der Waals surface area contributed by atoms with Crippen LogP contribution in [-0.2, 0) is 4.74 Å². The Balaban J connectivity index is 1.49. The van der Waals surface area contributed by atoms with E-state index in [1.807, 2.05) is 6.26 Å². The zero-order valence-electron chi connectivity index (χ0n) is 19.2. The molecule has 1 nitrogen and oxygen atoms in total. The highest BCUT2D eigenvalue weighted by molar-refractivity contribution is 5.10. The molecule has 0 radical (unpaired) electrons. The third kappa shape index (κ3) is 3.37. The van der Waals surface area contributed by atoms with Gasteiger partial charge in [-0.25, -0.2) is 0 Å². The molecule has 0 aromatic rings. The molecule has 4 aliphatic carbocycles. The third-order valence-electron chi connectivity index (χ3n) is 10.6. The van der Waals surface area contributed by atoms with E-state index >= 15 is 0 Å². The van der Waals surface area contributed by atoms with Gasteiger partial charge >= 0.3 is 0 Å². The summed E-state index contributed by atoms with van der Waals surface area (Å²) in [6.45, 7) is 7.95. The maximum atomic E-state index is 5.07. The predicted octanol–water partition coefficient (Wildman–Crippen LogP) is 8.00. The number of rotatable bonds is 6. The van der Waals surface area contributed by atoms with E-state index < -0.39 is 0 Å². The second-order valence-corrected chi connectivity index (χ2v) is 11.5. The molecule has 6 unspecified atom stereocenters. The summed E-state index contributed by atoms with van der Waals surface area (Å²) in [5.41, 5.74) is 1.31. The summed E-state index contributed by atoms with van der Waals surface area (Å²) in [6.07, 6.45) is 23.3. The first-order valence-corrected chi connectivity index (χ1v) is 12.7. The first kappa shape index (κ1) is 20.8. The Morgan fingerprint density at radius 1 is 0.929 bits per heavy atom. The zero-order chi connectivity index (χ0) is 19.8. The minimum Gasteiger partial charge on any atom is -0.505 e. The van der Waals surface area contributed by atoms with Gasteiger partial charge in [0.25, 0.3) is 0 Å². The number of allylic oxidation sites excluding steroid dienone is 1. The molecule has 0 aromatic carbocycles. The molecule has 28 heavy (non-hydrogen) atoms. The van der Waals surface area contributed by atoms with Crippen molar-refractivity contribution < 1.29 is 4.74 Å². The molecule has 0 bridgehead atoms. The van der Waals surface area contributed by atoms with Crippen LogP contribution in [0.15, 0.2) is 12.3 Å². The zero-order valence-corrected chi connectivity index (χ0v) is 19.2. The smallest absolute Gasteiger partial charge is 0.0784 e. The van der Waals surface area contributed by atoms with Gasteiger partial charge in [0.05, 0.1) is 13.4 Å². The second-order valence-electron chi connectivity index (χ2n) is 11.5. The van der Waals surface area contributed by atoms with Crippen molar-refractivity contribution in [3.8, 4) is 0 Å². The van der Waals surface area contributed by atoms with E-state index in [1.165, 1.54) is 70.6 Å². The van der Waals surface area contributed by atoms with E-state index in [-0.39, 0.29) is 0 Å². The molecule has 0 saturated heterocycles. The number of hydrogen-bond acceptors (Lipinski definition) is 1. The Morgan fingerprint density at radius 2 is 1.75 bits per heavy atom. The molecule has 0 spiro atoms. The van der Waals surface area contributed by atoms with Crippen molar-refractivity contribution in [1.82, 2.24) is 0 Å². The van der Waals surface area contributed by atoms with Gasteiger partial charge < -0.3 is 4.74 Å². The van der Waals surface area contributed by atoms with Crippen LogP contribution in [0.1, 0.15) is 104 Å². The van der Waals surface area contributed by atoms with Gasteiger partial charge in [-0.3, -0.25) is 0 Å². The van der Waals surface area contributed by atoms with Gasteiger partial charge in [0.2, 0.25) is 0 Å². The molecule has 0 aromatic heterocycles. The first-order valence-electron chi connectivity index (χ1n) is 12.7. The van der Waals surface area contributed by atoms with Crippen LogP contribution in [0.5, 0.6) is 0 Å². The van der Waals surface area contributed by atoms with Crippen molar-refractivity contribution in [3.63, 3.8) is 0 Å². The first-order chi connectivity index (χ1) is 13.5. The summed E-state index contributed by atoms with van der Waals surface area (Å²) in [5.74, 6) is 6.16. The van der Waals surface area contributed by atoms with Gasteiger partial charge in [0.1, 0.15) is 0 Å². The van der Waals surface area contributed by atoms with Crippen molar-refractivity contribution in [2.45, 2.75) is 104 Å². The molecule has 0 amide bonds. The van der Waals surface area contributed by atoms with Crippen LogP contribution in [-0.4, -0.2) is 7.11 Å². The Hall–Kier alpha value is -0.460. The van der Waals surface area contributed by atoms with Gasteiger partial charge in [-0.2, -0.15) is 0 Å². The minimum absolute atomic E-state index is 0.641. The lowest BCUT2D eigenvalue weighted by atomic mass is 9.42. The van der Waals surface area contributed by atoms with Gasteiger partial charge in [-0.15, -0.1) is 0 Å². The van der Waals surface area contributed by atoms with Crippen molar-refractivity contribution >= 4 is 0 Å². The lowest BCUT2D eigenvalue weighted by molar-refractivity contribution is -0.135. The standard InChI is InChI=1S/C27H46O/c1-5-20-19-22-24-14-13-21(11-7-6-10-18-28-4)26(24,2)17-15-25(22)27(3)16-9-8-12-23(20)27/h10,18,20-25H,5-9,11-17,19H2,1-4H3/b18-10+/t20-,21?,22?,23?,24?,25-,26?,27?/m0/s1. The van der Waals surface area contributed by atoms with Crippen molar-refractivity contribution in [3.05, 3.63) is 12.3 Å². The monoisotopic (exact) mass is 386 g/mol. The second kappa shape index (κ2) is 8.35. The summed E-state index contributed by atoms with van der Waals surface area (Å²) in [5, 5.41) is 0. The summed E-state index contributed by atoms with van der Waals surface area (Å²) >= 11 is 0. The summed E-state index contributed by atoms with van der Waals surface area (Å²) < 4.78 is 5.07. The average molecular weight is 387 g/mol. The largest absolute Gasteiger partial charge is 0.505 e. The molecule has 4 fully saturated rings. The van der Waals surface area contributed by atoms with Crippen molar-refractivity contribution in [2.24, 2.45) is 46.3 Å². The quantitative estimate of drug-likeness (QED) is 0.332. The molecular weight excluding hydrogens is 340 g/mol. The molecule has 0 N–H and O–H groups in total. The normalized spacial score (nSPS) is 48.1. The SMILES string of the molecule is CC[C@H]1CC2C3CCC(CCC/C=C/OC)C3(C)CC[C@@H]2C2(C)CCCCC12. The van der Waals surface area contributed by atoms with E-state index in [1.54, 1.807) is 20.0 Å². The number of fused-ring (bicyclic) bond motifs is 5. The summed E-state index contributed by atoms with van der Waals surface area (Å²) in [7, 11) is 1.75. The molecule has 0 aliphatic heterocycles. The number of hydrogen-bond donors (Lipinski definition) is 0. The lowest BCUT2D eigenvalue weighted by Crippen LogP contribution is -2.55. The lowest BCUT2D eigenvalue weighted by Gasteiger charge is -2.62. The van der Waals surface area contributed by atoms with E-state index in [4.69, 9.17) is 4.74 Å². The Kier molecular flexibility index (Phi) is 6.20. The molecule has 1 heteroatoms. The Labute approximate surface area is 175 Å². The van der Waals surface area contributed by atoms with E-state index in [0.717, 1.165) is 35.5 Å². The van der Waals surface area contributed by atoms with E-state index in [9.17, 15) is 0 Å². The van der Waals surface area contributed by atoms with Crippen molar-refractivity contribution in [2.75, 3.05) is 7.11 Å². The average Bonchev–Trinajstić information content (AvgIpc) is 3.03. The molecule has 4 aliphatic rings. The van der Waals surface area contributed by atoms with Crippen molar-refractivity contribution in [1.29, 1.82) is 0 Å². The van der Waals surface area contributed by atoms with Crippen LogP contribution in [0.25, 0.3) is 0 Å². The molecule has 8 atom stereocenters. The maximum absolute atomic E-state index is 5.07. The molecular formula is C27H46O. The van der Waals surface area contributed by atoms with Crippen LogP contribution < -0.4 is 0 Å². The van der Waals surface area contributed by atoms with E-state index in [0.29, 0.717) is 10.8 Å². The Bertz CT molecular complexity index is 552. The Morgan fingerprint density at radius 3 is 2.54 bits per heavy atom. The predicted molar refractivity (Wildman–Crippen MR) is 119 cm³/mol. The number of unbranched alkanes of at least 4 members (excludes halogenated alkanes) is 1. The number of methoxy groups -OCH3 is 1.